The zero-order chi connectivity index (χ0) is 19.5. The Morgan fingerprint density at radius 1 is 1.38 bits per heavy atom. The molecule has 26 heavy (non-hydrogen) atoms. The van der Waals surface area contributed by atoms with Crippen molar-refractivity contribution in [1.29, 1.82) is 0 Å². The zero-order valence-electron chi connectivity index (χ0n) is 15.3. The molecule has 1 atom stereocenters. The van der Waals surface area contributed by atoms with Crippen LogP contribution in [0.5, 0.6) is 11.5 Å². The van der Waals surface area contributed by atoms with E-state index in [0.717, 1.165) is 25.5 Å². The van der Waals surface area contributed by atoms with E-state index in [4.69, 9.17) is 9.47 Å². The second-order valence-corrected chi connectivity index (χ2v) is 7.94. The predicted octanol–water partition coefficient (Wildman–Crippen LogP) is 0.646. The molecule has 1 fully saturated rings. The third kappa shape index (κ3) is 4.09. The molecule has 146 valence electrons. The number of benzene rings is 1. The molecule has 10 heteroatoms. The molecule has 0 radical (unpaired) electrons. The van der Waals surface area contributed by atoms with Gasteiger partial charge in [-0.15, -0.1) is 0 Å². The number of hydroxylamine groups is 2. The summed E-state index contributed by atoms with van der Waals surface area (Å²) < 4.78 is 36.7. The van der Waals surface area contributed by atoms with Crippen molar-refractivity contribution in [3.8, 4) is 11.5 Å². The molecule has 1 amide bonds. The van der Waals surface area contributed by atoms with E-state index < -0.39 is 15.9 Å². The number of methoxy groups -OCH3 is 2. The van der Waals surface area contributed by atoms with Gasteiger partial charge in [-0.3, -0.25) is 4.79 Å². The molecule has 1 heterocycles. The second-order valence-electron chi connectivity index (χ2n) is 6.06. The molecule has 1 N–H and O–H groups in total. The number of carbonyl (C=O) groups is 1. The van der Waals surface area contributed by atoms with E-state index in [2.05, 4.69) is 4.72 Å². The molecule has 1 aromatic carbocycles. The lowest BCUT2D eigenvalue weighted by Gasteiger charge is -2.34. The summed E-state index contributed by atoms with van der Waals surface area (Å²) >= 11 is 0. The van der Waals surface area contributed by atoms with Gasteiger partial charge in [-0.2, -0.15) is 0 Å². The summed E-state index contributed by atoms with van der Waals surface area (Å²) in [5.41, 5.74) is -0.156. The number of hydrogen-bond acceptors (Lipinski definition) is 7. The van der Waals surface area contributed by atoms with Crippen molar-refractivity contribution < 1.29 is 22.7 Å². The van der Waals surface area contributed by atoms with Crippen LogP contribution in [0.2, 0.25) is 0 Å². The van der Waals surface area contributed by atoms with Crippen molar-refractivity contribution in [3.05, 3.63) is 22.9 Å². The fourth-order valence-corrected chi connectivity index (χ4v) is 3.76. The fourth-order valence-electron chi connectivity index (χ4n) is 2.99. The predicted molar refractivity (Wildman–Crippen MR) is 95.8 cm³/mol. The first-order valence-electron chi connectivity index (χ1n) is 8.14. The third-order valence-electron chi connectivity index (χ3n) is 4.54. The summed E-state index contributed by atoms with van der Waals surface area (Å²) in [6.07, 6.45) is 1.80. The Morgan fingerprint density at radius 3 is 2.58 bits per heavy atom. The van der Waals surface area contributed by atoms with Crippen molar-refractivity contribution in [2.75, 3.05) is 41.4 Å². The van der Waals surface area contributed by atoms with E-state index in [0.29, 0.717) is 5.06 Å². The second kappa shape index (κ2) is 8.21. The largest absolute Gasteiger partial charge is 0.756 e. The molecule has 0 saturated carbocycles. The van der Waals surface area contributed by atoms with Gasteiger partial charge in [0.15, 0.2) is 11.5 Å². The fraction of sp³-hybridized carbons (Fsp3) is 0.562. The number of likely N-dealkylation sites (N-methyl/N-ethyl adjacent to an activating group) is 1. The minimum atomic E-state index is -3.84. The van der Waals surface area contributed by atoms with E-state index in [9.17, 15) is 18.4 Å². The van der Waals surface area contributed by atoms with E-state index in [1.807, 2.05) is 11.9 Å². The lowest BCUT2D eigenvalue weighted by atomic mass is 10.1. The SMILES string of the molecule is CNS(=O)(=O)c1cc(OC)c(OC)c(C(=O)N([O-])CC2CCCN2C)c1. The molecule has 0 bridgehead atoms. The first-order valence-corrected chi connectivity index (χ1v) is 9.62. The minimum Gasteiger partial charge on any atom is -0.756 e. The number of rotatable bonds is 7. The van der Waals surface area contributed by atoms with Gasteiger partial charge in [0.05, 0.1) is 24.7 Å². The zero-order valence-corrected chi connectivity index (χ0v) is 16.1. The Kier molecular flexibility index (Phi) is 6.45. The van der Waals surface area contributed by atoms with Gasteiger partial charge in [0.2, 0.25) is 15.9 Å². The topological polar surface area (TPSA) is 111 Å². The summed E-state index contributed by atoms with van der Waals surface area (Å²) in [6.45, 7) is 0.879. The maximum Gasteiger partial charge on any atom is 0.247 e. The van der Waals surface area contributed by atoms with Crippen LogP contribution in [0.25, 0.3) is 0 Å². The minimum absolute atomic E-state index is 0.00378. The highest BCUT2D eigenvalue weighted by molar-refractivity contribution is 7.89. The van der Waals surface area contributed by atoms with Crippen molar-refractivity contribution in [2.45, 2.75) is 23.8 Å². The van der Waals surface area contributed by atoms with Crippen LogP contribution in [0.1, 0.15) is 23.2 Å². The number of likely N-dealkylation sites (tertiary alicyclic amines) is 1. The monoisotopic (exact) mass is 386 g/mol. The van der Waals surface area contributed by atoms with Crippen LogP contribution in [0.15, 0.2) is 17.0 Å². The summed E-state index contributed by atoms with van der Waals surface area (Å²) in [5, 5.41) is 12.8. The lowest BCUT2D eigenvalue weighted by molar-refractivity contribution is 0.0789. The summed E-state index contributed by atoms with van der Waals surface area (Å²) in [7, 11) is 1.96. The molecular weight excluding hydrogens is 362 g/mol. The number of hydrogen-bond donors (Lipinski definition) is 1. The van der Waals surface area contributed by atoms with Crippen molar-refractivity contribution in [1.82, 2.24) is 14.7 Å². The normalized spacial score (nSPS) is 18.0. The highest BCUT2D eigenvalue weighted by Crippen LogP contribution is 2.35. The van der Waals surface area contributed by atoms with Crippen LogP contribution in [0.4, 0.5) is 0 Å². The Balaban J connectivity index is 2.41. The Bertz CT molecular complexity index is 767. The lowest BCUT2D eigenvalue weighted by Crippen LogP contribution is -2.38. The van der Waals surface area contributed by atoms with E-state index in [1.165, 1.54) is 27.3 Å². The van der Waals surface area contributed by atoms with E-state index in [-0.39, 0.29) is 34.5 Å². The van der Waals surface area contributed by atoms with Gasteiger partial charge in [0.1, 0.15) is 0 Å². The highest BCUT2D eigenvalue weighted by Gasteiger charge is 2.26. The van der Waals surface area contributed by atoms with Gasteiger partial charge in [-0.1, -0.05) is 0 Å². The molecular formula is C16H24N3O6S-. The molecule has 1 saturated heterocycles. The number of carbonyl (C=O) groups excluding carboxylic acids is 1. The van der Waals surface area contributed by atoms with E-state index >= 15 is 0 Å². The van der Waals surface area contributed by atoms with Crippen LogP contribution in [-0.2, 0) is 10.0 Å². The molecule has 1 unspecified atom stereocenters. The van der Waals surface area contributed by atoms with Crippen molar-refractivity contribution in [2.24, 2.45) is 0 Å². The molecule has 9 nitrogen and oxygen atoms in total. The van der Waals surface area contributed by atoms with Crippen LogP contribution >= 0.6 is 0 Å². The number of nitrogens with one attached hydrogen (secondary N) is 1. The number of sulfonamides is 1. The first kappa shape index (κ1) is 20.4. The summed E-state index contributed by atoms with van der Waals surface area (Å²) in [6, 6.07) is 2.34. The number of ether oxygens (including phenoxy) is 2. The average Bonchev–Trinajstić information content (AvgIpc) is 3.04. The smallest absolute Gasteiger partial charge is 0.247 e. The van der Waals surface area contributed by atoms with Gasteiger partial charge in [-0.05, 0) is 39.5 Å². The third-order valence-corrected chi connectivity index (χ3v) is 5.93. The van der Waals surface area contributed by atoms with Crippen molar-refractivity contribution in [3.63, 3.8) is 0 Å². The molecule has 1 aromatic rings. The first-order chi connectivity index (χ1) is 12.2. The van der Waals surface area contributed by atoms with Crippen LogP contribution in [-0.4, -0.2) is 71.7 Å². The molecule has 2 rings (SSSR count). The average molecular weight is 386 g/mol. The van der Waals surface area contributed by atoms with Gasteiger partial charge < -0.3 is 24.6 Å². The standard InChI is InChI=1S/C16H24N3O6S/c1-17-26(22,23)12-8-13(15(25-4)14(9-12)24-3)16(20)19(21)10-11-6-5-7-18(11)2/h8-9,11,17H,5-7,10H2,1-4H3/q-1. The Labute approximate surface area is 153 Å². The maximum atomic E-state index is 12.7. The van der Waals surface area contributed by atoms with Crippen LogP contribution in [0.3, 0.4) is 0 Å². The Hall–Kier alpha value is -1.88. The van der Waals surface area contributed by atoms with Gasteiger partial charge in [0.25, 0.3) is 0 Å². The van der Waals surface area contributed by atoms with Crippen molar-refractivity contribution >= 4 is 15.9 Å². The van der Waals surface area contributed by atoms with Gasteiger partial charge >= 0.3 is 0 Å². The van der Waals surface area contributed by atoms with Crippen LogP contribution in [0, 0.1) is 5.21 Å². The number of nitrogens with zero attached hydrogens (tertiary/aromatic N) is 2. The molecule has 0 aromatic heterocycles. The number of amides is 1. The summed E-state index contributed by atoms with van der Waals surface area (Å²) in [4.78, 5) is 14.5. The molecule has 1 aliphatic heterocycles. The maximum absolute atomic E-state index is 12.7. The molecule has 1 aliphatic rings. The van der Waals surface area contributed by atoms with E-state index in [1.54, 1.807) is 0 Å². The van der Waals surface area contributed by atoms with Gasteiger partial charge in [0, 0.05) is 18.7 Å². The quantitative estimate of drug-likeness (QED) is 0.685. The highest BCUT2D eigenvalue weighted by atomic mass is 32.2. The Morgan fingerprint density at radius 2 is 2.08 bits per heavy atom. The molecule has 0 aliphatic carbocycles. The van der Waals surface area contributed by atoms with Crippen LogP contribution < -0.4 is 14.2 Å². The molecule has 0 spiro atoms. The van der Waals surface area contributed by atoms with Gasteiger partial charge in [-0.25, -0.2) is 13.1 Å². The summed E-state index contributed by atoms with van der Waals surface area (Å²) in [5.74, 6) is -0.791.